The molecular formula is C89H136ClN5O25. The van der Waals surface area contributed by atoms with Gasteiger partial charge in [0.1, 0.15) is 45.6 Å². The molecule has 0 aliphatic heterocycles. The van der Waals surface area contributed by atoms with Crippen LogP contribution >= 0.6 is 12.4 Å². The molecule has 0 aliphatic rings. The van der Waals surface area contributed by atoms with Gasteiger partial charge in [-0.3, -0.25) is 19.2 Å². The highest BCUT2D eigenvalue weighted by Gasteiger charge is 2.38. The second kappa shape index (κ2) is 65.8. The van der Waals surface area contributed by atoms with Gasteiger partial charge in [0.15, 0.2) is 5.78 Å². The lowest BCUT2D eigenvalue weighted by Crippen LogP contribution is -2.55. The van der Waals surface area contributed by atoms with Crippen molar-refractivity contribution in [3.05, 3.63) is 147 Å². The van der Waals surface area contributed by atoms with Crippen molar-refractivity contribution in [3.63, 3.8) is 0 Å². The Morgan fingerprint density at radius 1 is 0.425 bits per heavy atom. The van der Waals surface area contributed by atoms with Crippen LogP contribution in [0, 0.1) is 34.6 Å². The van der Waals surface area contributed by atoms with E-state index in [1.165, 1.54) is 50.7 Å². The van der Waals surface area contributed by atoms with Crippen LogP contribution < -0.4 is 45.9 Å². The summed E-state index contributed by atoms with van der Waals surface area (Å²) in [6, 6.07) is 28.9. The molecule has 30 nitrogen and oxygen atoms in total. The quantitative estimate of drug-likeness (QED) is 0.00987. The number of aliphatic hydroxyl groups excluding tert-OH is 5. The van der Waals surface area contributed by atoms with E-state index in [2.05, 4.69) is 73.2 Å². The second-order valence-corrected chi connectivity index (χ2v) is 29.7. The first kappa shape index (κ1) is 119. The number of ketones is 1. The number of aliphatic hydroxyl groups is 6. The van der Waals surface area contributed by atoms with Crippen molar-refractivity contribution < 1.29 is 122 Å². The number of alkyl carbamates (subject to hydrolysis) is 1. The highest BCUT2D eigenvalue weighted by molar-refractivity contribution is 6.05. The van der Waals surface area contributed by atoms with E-state index in [4.69, 9.17) is 72.9 Å². The molecule has 0 radical (unpaired) electrons. The minimum Gasteiger partial charge on any atom is -0.508 e. The van der Waals surface area contributed by atoms with E-state index in [1.54, 1.807) is 80.2 Å². The predicted octanol–water partition coefficient (Wildman–Crippen LogP) is 11.0. The second-order valence-electron chi connectivity index (χ2n) is 29.7. The molecule has 674 valence electrons. The van der Waals surface area contributed by atoms with Crippen molar-refractivity contribution in [1.29, 1.82) is 0 Å². The van der Waals surface area contributed by atoms with Crippen LogP contribution in [0.25, 0.3) is 0 Å². The van der Waals surface area contributed by atoms with Gasteiger partial charge in [0.25, 0.3) is 0 Å². The summed E-state index contributed by atoms with van der Waals surface area (Å²) in [7, 11) is 4.92. The zero-order chi connectivity index (χ0) is 92.0. The van der Waals surface area contributed by atoms with Crippen LogP contribution in [0.15, 0.2) is 91.0 Å². The van der Waals surface area contributed by atoms with E-state index in [9.17, 15) is 54.6 Å². The number of halogens is 1. The lowest BCUT2D eigenvalue weighted by Gasteiger charge is -2.34. The molecule has 0 saturated heterocycles. The smallest absolute Gasteiger partial charge is 0.408 e. The molecule has 0 bridgehead atoms. The number of Topliss-reactive ketones (excluding diaryl/α,β-unsaturated/α-hetero) is 1. The van der Waals surface area contributed by atoms with Gasteiger partial charge in [0.05, 0.1) is 72.0 Å². The van der Waals surface area contributed by atoms with E-state index in [0.29, 0.717) is 50.5 Å². The summed E-state index contributed by atoms with van der Waals surface area (Å²) in [5.41, 5.74) is 10.3. The average Bonchev–Trinajstić information content (AvgIpc) is 0.798. The van der Waals surface area contributed by atoms with E-state index < -0.39 is 53.9 Å². The zero-order valence-electron chi connectivity index (χ0n) is 73.8. The molecule has 5 rings (SSSR count). The first-order valence-electron chi connectivity index (χ1n) is 39.4. The van der Waals surface area contributed by atoms with Crippen LogP contribution in [0.5, 0.6) is 28.7 Å². The summed E-state index contributed by atoms with van der Waals surface area (Å²) in [6.07, 6.45) is 16.3. The van der Waals surface area contributed by atoms with Crippen LogP contribution in [-0.2, 0) is 83.2 Å². The fourth-order valence-electron chi connectivity index (χ4n) is 12.5. The number of benzene rings is 5. The molecule has 0 aromatic heterocycles. The van der Waals surface area contributed by atoms with Crippen molar-refractivity contribution in [2.75, 3.05) is 61.0 Å². The number of unbranched alkanes of at least 4 members (excludes halogenated alkanes) is 4. The summed E-state index contributed by atoms with van der Waals surface area (Å²) < 4.78 is 26.8. The monoisotopic (exact) mass is 1710 g/mol. The van der Waals surface area contributed by atoms with E-state index in [1.807, 2.05) is 77.1 Å². The van der Waals surface area contributed by atoms with E-state index in [-0.39, 0.29) is 85.0 Å². The van der Waals surface area contributed by atoms with Gasteiger partial charge in [-0.1, -0.05) is 122 Å². The van der Waals surface area contributed by atoms with Crippen molar-refractivity contribution in [2.24, 2.45) is 5.73 Å². The fourth-order valence-corrected chi connectivity index (χ4v) is 12.5. The number of carbonyl (C=O) groups excluding carboxylic acids is 13. The van der Waals surface area contributed by atoms with Gasteiger partial charge >= 0.3 is 30.7 Å². The van der Waals surface area contributed by atoms with Crippen LogP contribution in [-0.4, -0.2) is 184 Å². The Labute approximate surface area is 714 Å². The van der Waals surface area contributed by atoms with E-state index in [0.717, 1.165) is 120 Å². The summed E-state index contributed by atoms with van der Waals surface area (Å²) in [4.78, 5) is 124. The standard InChI is InChI=1S/C19H33NO3.C17H27NO5.C17H25NO3.C17H27NO2.C15H23NO4.4CO2.ClH/c1-3-4-5-6-7-13-23-18-11-10-17(14-16(18)2)9-8-12-19(20,22)15-21;1-12-9-13(5-6-14(12)21)7-8-17(10-19,11-20)18-15(22)23-16(2,3)4;1-6-10-17(7-2,18-13(4)19)16(20)14-8-9-15(21-5)12(3)11-14;1-6-10-17(7-2,18-14(4)19)12-15-8-9-16(20-5)13(3)11-15;1-11-8-13(4-5-14(11)20-3)6-7-15(9-17,10-18)16-12(2)19;4*2-1-3;/h10-11,14,21-22H,3-9,12-13,15,20H2,1-2H3;5-6,9,19-21H,7-8,10-11H2,1-4H3,(H,18,22);8-9,11H,6-7,10H2,1-5H3,(H,18,19);8-9,11H,6-7,10,12H2,1-5H3,(H,18,19);4-5,8,17-18H,6-7,9-10H2,1-3H3,(H,16,19);;;;;1H. The molecule has 5 aromatic carbocycles. The number of methoxy groups -OCH3 is 3. The van der Waals surface area contributed by atoms with Crippen molar-refractivity contribution >= 4 is 66.6 Å². The summed E-state index contributed by atoms with van der Waals surface area (Å²) in [6.45, 7) is 28.9. The molecule has 13 N–H and O–H groups in total. The highest BCUT2D eigenvalue weighted by atomic mass is 35.5. The fraction of sp³-hybridized carbons (Fsp3) is 0.562. The molecule has 4 amide bonds. The molecular weight excluding hydrogens is 1570 g/mol. The van der Waals surface area contributed by atoms with Gasteiger partial charge in [0.2, 0.25) is 17.7 Å². The van der Waals surface area contributed by atoms with Crippen molar-refractivity contribution in [2.45, 2.75) is 266 Å². The number of hydrogen-bond acceptors (Lipinski definition) is 26. The lowest BCUT2D eigenvalue weighted by molar-refractivity contribution is -0.193. The largest absolute Gasteiger partial charge is 0.508 e. The molecule has 0 spiro atoms. The Kier molecular flexibility index (Phi) is 65.0. The third kappa shape index (κ3) is 50.1. The zero-order valence-corrected chi connectivity index (χ0v) is 74.6. The number of aromatic hydroxyl groups is 1. The van der Waals surface area contributed by atoms with Gasteiger partial charge in [-0.05, 0) is 231 Å². The number of nitrogens with two attached hydrogens (primary N) is 1. The van der Waals surface area contributed by atoms with Crippen molar-refractivity contribution in [1.82, 2.24) is 21.3 Å². The highest BCUT2D eigenvalue weighted by Crippen LogP contribution is 2.30. The summed E-state index contributed by atoms with van der Waals surface area (Å²) in [5, 5.41) is 77.5. The van der Waals surface area contributed by atoms with Gasteiger partial charge in [-0.15, -0.1) is 12.4 Å². The molecule has 5 aromatic rings. The maximum Gasteiger partial charge on any atom is 0.408 e. The number of nitrogens with one attached hydrogen (secondary N) is 4. The van der Waals surface area contributed by atoms with Crippen LogP contribution in [0.3, 0.4) is 0 Å². The Morgan fingerprint density at radius 2 is 0.808 bits per heavy atom. The number of amides is 4. The van der Waals surface area contributed by atoms with Gasteiger partial charge in [-0.25, -0.2) is 4.79 Å². The van der Waals surface area contributed by atoms with Crippen LogP contribution in [0.4, 0.5) is 4.79 Å². The molecule has 0 heterocycles. The third-order valence-corrected chi connectivity index (χ3v) is 18.7. The number of hydrogen-bond donors (Lipinski definition) is 12. The molecule has 0 saturated carbocycles. The Balaban J connectivity index is -0.000000443. The average molecular weight is 1710 g/mol. The normalized spacial score (nSPS) is 11.7. The van der Waals surface area contributed by atoms with Crippen LogP contribution in [0.1, 0.15) is 233 Å². The van der Waals surface area contributed by atoms with Gasteiger partial charge < -0.3 is 86.4 Å². The number of aryl methyl sites for hydroxylation is 8. The third-order valence-electron chi connectivity index (χ3n) is 18.7. The molecule has 3 unspecified atom stereocenters. The molecule has 0 fully saturated rings. The van der Waals surface area contributed by atoms with E-state index >= 15 is 0 Å². The molecule has 31 heteroatoms. The summed E-state index contributed by atoms with van der Waals surface area (Å²) >= 11 is 0. The summed E-state index contributed by atoms with van der Waals surface area (Å²) in [5.74, 6) is 3.23. The topological polar surface area (TPSA) is 484 Å². The minimum atomic E-state index is -1.46. The maximum absolute atomic E-state index is 12.9. The molecule has 3 atom stereocenters. The molecule has 0 aliphatic carbocycles. The number of carbonyl (C=O) groups is 5. The van der Waals surface area contributed by atoms with Gasteiger partial charge in [-0.2, -0.15) is 38.4 Å². The Morgan fingerprint density at radius 3 is 1.18 bits per heavy atom. The van der Waals surface area contributed by atoms with Gasteiger partial charge in [0, 0.05) is 31.9 Å². The number of phenols is 1. The first-order chi connectivity index (χ1) is 56.1. The van der Waals surface area contributed by atoms with Crippen LogP contribution in [0.2, 0.25) is 0 Å². The van der Waals surface area contributed by atoms with Crippen molar-refractivity contribution in [3.8, 4) is 28.7 Å². The predicted molar refractivity (Wildman–Crippen MR) is 453 cm³/mol. The molecule has 120 heavy (non-hydrogen) atoms. The first-order valence-corrected chi connectivity index (χ1v) is 39.4. The number of phenolic OH excluding ortho intramolecular Hbond substituents is 1. The lowest BCUT2D eigenvalue weighted by atomic mass is 9.82. The number of rotatable bonds is 39. The maximum atomic E-state index is 12.9. The Hall–Kier alpha value is -10.0. The number of ether oxygens (including phenoxy) is 5. The Bertz CT molecular complexity index is 3840. The minimum absolute atomic E-state index is 0. The SMILES string of the molecule is CCCC(CC)(Cc1ccc(OC)c(C)c1)NC(C)=O.CCCC(CC)(NC(C)=O)C(=O)c1ccc(OC)c(C)c1.CCCCCCCOc1ccc(CCCC(N)(O)CO)cc1C.COc1ccc(CCC(CO)(CO)NC(C)=O)cc1C.Cc1cc(CCC(CO)(CO)NC(=O)OC(C)(C)C)ccc1O.Cl.O=C=O.O=C=O.O=C=O.O=C=O.